The van der Waals surface area contributed by atoms with Crippen molar-refractivity contribution in [2.24, 2.45) is 5.73 Å². The third-order valence-corrected chi connectivity index (χ3v) is 3.16. The molecule has 0 radical (unpaired) electrons. The van der Waals surface area contributed by atoms with E-state index in [0.29, 0.717) is 13.1 Å². The molecule has 0 aromatic rings. The second kappa shape index (κ2) is 6.18. The number of amides is 1. The van der Waals surface area contributed by atoms with Crippen LogP contribution in [0.25, 0.3) is 0 Å². The Bertz CT molecular complexity index is 223. The maximum atomic E-state index is 11.5. The molecule has 4 N–H and O–H groups in total. The first-order chi connectivity index (χ1) is 7.59. The van der Waals surface area contributed by atoms with E-state index in [1.165, 1.54) is 7.11 Å². The fourth-order valence-electron chi connectivity index (χ4n) is 2.01. The van der Waals surface area contributed by atoms with Gasteiger partial charge in [0.05, 0.1) is 18.1 Å². The number of hydrogen-bond acceptors (Lipinski definition) is 4. The lowest BCUT2D eigenvalue weighted by Crippen LogP contribution is -2.42. The molecular weight excluding hydrogens is 208 g/mol. The molecule has 0 spiro atoms. The first kappa shape index (κ1) is 13.4. The van der Waals surface area contributed by atoms with Gasteiger partial charge in [0.15, 0.2) is 0 Å². The van der Waals surface area contributed by atoms with Crippen LogP contribution in [0, 0.1) is 0 Å². The molecular formula is C11H22N2O3. The van der Waals surface area contributed by atoms with E-state index in [1.54, 1.807) is 0 Å². The largest absolute Gasteiger partial charge is 0.388 e. The summed E-state index contributed by atoms with van der Waals surface area (Å²) >= 11 is 0. The summed E-state index contributed by atoms with van der Waals surface area (Å²) < 4.78 is 5.02. The Balaban J connectivity index is 2.24. The predicted octanol–water partition coefficient (Wildman–Crippen LogP) is -0.228. The number of rotatable bonds is 6. The molecule has 0 aromatic carbocycles. The molecule has 0 bridgehead atoms. The molecule has 1 aliphatic rings. The summed E-state index contributed by atoms with van der Waals surface area (Å²) in [6, 6.07) is 0. The Kier molecular flexibility index (Phi) is 5.18. The maximum absolute atomic E-state index is 11.5. The highest BCUT2D eigenvalue weighted by atomic mass is 16.5. The highest BCUT2D eigenvalue weighted by Crippen LogP contribution is 2.28. The van der Waals surface area contributed by atoms with Crippen LogP contribution in [-0.2, 0) is 9.53 Å². The van der Waals surface area contributed by atoms with Crippen molar-refractivity contribution in [3.05, 3.63) is 0 Å². The van der Waals surface area contributed by atoms with Crippen LogP contribution in [0.2, 0.25) is 0 Å². The van der Waals surface area contributed by atoms with Crippen molar-refractivity contribution in [1.29, 1.82) is 0 Å². The van der Waals surface area contributed by atoms with Gasteiger partial charge in [-0.25, -0.2) is 0 Å². The van der Waals surface area contributed by atoms with E-state index in [1.807, 2.05) is 0 Å². The van der Waals surface area contributed by atoms with Crippen LogP contribution in [0.5, 0.6) is 0 Å². The molecule has 1 aliphatic carbocycles. The van der Waals surface area contributed by atoms with Crippen LogP contribution >= 0.6 is 0 Å². The zero-order valence-electron chi connectivity index (χ0n) is 9.87. The minimum Gasteiger partial charge on any atom is -0.388 e. The van der Waals surface area contributed by atoms with Crippen molar-refractivity contribution in [3.63, 3.8) is 0 Å². The molecule has 1 fully saturated rings. The standard InChI is InChI=1S/C11H22N2O3/c1-16-9(7-12)6-10(14)13-8-11(15)4-2-3-5-11/h9,15H,2-8,12H2,1H3,(H,13,14). The van der Waals surface area contributed by atoms with Gasteiger partial charge in [-0.3, -0.25) is 4.79 Å². The van der Waals surface area contributed by atoms with Gasteiger partial charge >= 0.3 is 0 Å². The fraction of sp³-hybridized carbons (Fsp3) is 0.909. The Morgan fingerprint density at radius 1 is 1.56 bits per heavy atom. The van der Waals surface area contributed by atoms with Crippen LogP contribution in [0.1, 0.15) is 32.1 Å². The zero-order chi connectivity index (χ0) is 12.0. The van der Waals surface area contributed by atoms with Crippen molar-refractivity contribution in [2.45, 2.75) is 43.8 Å². The summed E-state index contributed by atoms with van der Waals surface area (Å²) in [5.41, 5.74) is 4.73. The van der Waals surface area contributed by atoms with Gasteiger partial charge in [0.25, 0.3) is 0 Å². The molecule has 0 saturated heterocycles. The average molecular weight is 230 g/mol. The van der Waals surface area contributed by atoms with Gasteiger partial charge < -0.3 is 20.9 Å². The van der Waals surface area contributed by atoms with Crippen LogP contribution in [-0.4, -0.2) is 42.9 Å². The number of nitrogens with one attached hydrogen (secondary N) is 1. The Morgan fingerprint density at radius 3 is 2.69 bits per heavy atom. The molecule has 1 amide bonds. The van der Waals surface area contributed by atoms with E-state index in [4.69, 9.17) is 10.5 Å². The van der Waals surface area contributed by atoms with Crippen molar-refractivity contribution >= 4 is 5.91 Å². The second-order valence-corrected chi connectivity index (χ2v) is 4.51. The smallest absolute Gasteiger partial charge is 0.222 e. The molecule has 0 heterocycles. The summed E-state index contributed by atoms with van der Waals surface area (Å²) in [4.78, 5) is 11.5. The summed E-state index contributed by atoms with van der Waals surface area (Å²) in [5.74, 6) is -0.113. The van der Waals surface area contributed by atoms with Gasteiger partial charge in [0.2, 0.25) is 5.91 Å². The van der Waals surface area contributed by atoms with Gasteiger partial charge in [0, 0.05) is 20.2 Å². The van der Waals surface area contributed by atoms with Gasteiger partial charge in [-0.15, -0.1) is 0 Å². The molecule has 1 unspecified atom stereocenters. The third kappa shape index (κ3) is 4.08. The van der Waals surface area contributed by atoms with Crippen LogP contribution in [0.3, 0.4) is 0 Å². The quantitative estimate of drug-likeness (QED) is 0.588. The van der Waals surface area contributed by atoms with Crippen molar-refractivity contribution in [1.82, 2.24) is 5.32 Å². The lowest BCUT2D eigenvalue weighted by molar-refractivity contribution is -0.124. The predicted molar refractivity (Wildman–Crippen MR) is 60.9 cm³/mol. The van der Waals surface area contributed by atoms with E-state index in [0.717, 1.165) is 25.7 Å². The first-order valence-corrected chi connectivity index (χ1v) is 5.81. The van der Waals surface area contributed by atoms with E-state index in [2.05, 4.69) is 5.32 Å². The minimum absolute atomic E-state index is 0.113. The number of nitrogens with two attached hydrogens (primary N) is 1. The SMILES string of the molecule is COC(CN)CC(=O)NCC1(O)CCCC1. The Morgan fingerprint density at radius 2 is 2.19 bits per heavy atom. The van der Waals surface area contributed by atoms with E-state index >= 15 is 0 Å². The number of aliphatic hydroxyl groups is 1. The number of carbonyl (C=O) groups excluding carboxylic acids is 1. The van der Waals surface area contributed by atoms with Gasteiger partial charge in [-0.1, -0.05) is 12.8 Å². The average Bonchev–Trinajstić information content (AvgIpc) is 2.71. The molecule has 5 nitrogen and oxygen atoms in total. The number of hydrogen-bond donors (Lipinski definition) is 3. The van der Waals surface area contributed by atoms with Crippen molar-refractivity contribution in [2.75, 3.05) is 20.2 Å². The number of ether oxygens (including phenoxy) is 1. The van der Waals surface area contributed by atoms with Gasteiger partial charge in [0.1, 0.15) is 0 Å². The van der Waals surface area contributed by atoms with Crippen LogP contribution in [0.4, 0.5) is 0 Å². The van der Waals surface area contributed by atoms with Crippen molar-refractivity contribution < 1.29 is 14.6 Å². The number of carbonyl (C=O) groups is 1. The summed E-state index contributed by atoms with van der Waals surface area (Å²) in [6.45, 7) is 0.668. The number of methoxy groups -OCH3 is 1. The molecule has 1 saturated carbocycles. The van der Waals surface area contributed by atoms with Gasteiger partial charge in [-0.2, -0.15) is 0 Å². The monoisotopic (exact) mass is 230 g/mol. The van der Waals surface area contributed by atoms with Gasteiger partial charge in [-0.05, 0) is 12.8 Å². The molecule has 94 valence electrons. The lowest BCUT2D eigenvalue weighted by atomic mass is 10.0. The highest BCUT2D eigenvalue weighted by Gasteiger charge is 2.31. The van der Waals surface area contributed by atoms with Crippen molar-refractivity contribution in [3.8, 4) is 0 Å². The normalized spacial score (nSPS) is 20.7. The van der Waals surface area contributed by atoms with E-state index < -0.39 is 5.60 Å². The zero-order valence-corrected chi connectivity index (χ0v) is 9.87. The Hall–Kier alpha value is -0.650. The molecule has 0 aliphatic heterocycles. The molecule has 5 heteroatoms. The highest BCUT2D eigenvalue weighted by molar-refractivity contribution is 5.76. The summed E-state index contributed by atoms with van der Waals surface area (Å²) in [5, 5.41) is 12.8. The molecule has 1 atom stereocenters. The summed E-state index contributed by atoms with van der Waals surface area (Å²) in [7, 11) is 1.54. The van der Waals surface area contributed by atoms with Crippen LogP contribution < -0.4 is 11.1 Å². The van der Waals surface area contributed by atoms with E-state index in [9.17, 15) is 9.90 Å². The molecule has 1 rings (SSSR count). The fourth-order valence-corrected chi connectivity index (χ4v) is 2.01. The lowest BCUT2D eigenvalue weighted by Gasteiger charge is -2.23. The van der Waals surface area contributed by atoms with E-state index in [-0.39, 0.29) is 18.4 Å². The first-order valence-electron chi connectivity index (χ1n) is 5.81. The Labute approximate surface area is 96.3 Å². The third-order valence-electron chi connectivity index (χ3n) is 3.16. The minimum atomic E-state index is -0.694. The second-order valence-electron chi connectivity index (χ2n) is 4.51. The van der Waals surface area contributed by atoms with Crippen LogP contribution in [0.15, 0.2) is 0 Å². The maximum Gasteiger partial charge on any atom is 0.222 e. The molecule has 16 heavy (non-hydrogen) atoms. The molecule has 0 aromatic heterocycles. The summed E-state index contributed by atoms with van der Waals surface area (Å²) in [6.07, 6.45) is 3.64. The topological polar surface area (TPSA) is 84.6 Å².